The summed E-state index contributed by atoms with van der Waals surface area (Å²) in [7, 11) is 3.73. The van der Waals surface area contributed by atoms with Crippen molar-refractivity contribution in [2.45, 2.75) is 19.9 Å². The lowest BCUT2D eigenvalue weighted by Crippen LogP contribution is -2.45. The summed E-state index contributed by atoms with van der Waals surface area (Å²) in [6, 6.07) is 4.08. The lowest BCUT2D eigenvalue weighted by atomic mass is 10.1. The molecule has 0 aliphatic carbocycles. The second kappa shape index (κ2) is 7.43. The molecule has 0 atom stereocenters. The number of piperazine rings is 1. The number of nitrogens with zero attached hydrogens (tertiary/aromatic N) is 4. The van der Waals surface area contributed by atoms with E-state index in [0.717, 1.165) is 44.0 Å². The highest BCUT2D eigenvalue weighted by Gasteiger charge is 2.20. The molecule has 2 rings (SSSR count). The minimum absolute atomic E-state index is 0.187. The van der Waals surface area contributed by atoms with Crippen molar-refractivity contribution in [1.29, 1.82) is 5.26 Å². The van der Waals surface area contributed by atoms with Crippen LogP contribution in [-0.2, 0) is 11.3 Å². The number of aromatic nitrogens is 1. The third-order valence-electron chi connectivity index (χ3n) is 4.17. The van der Waals surface area contributed by atoms with E-state index in [9.17, 15) is 10.1 Å². The molecule has 0 aromatic carbocycles. The molecule has 0 saturated carbocycles. The number of ether oxygens (including phenoxy) is 1. The maximum absolute atomic E-state index is 12.6. The van der Waals surface area contributed by atoms with E-state index in [2.05, 4.69) is 22.9 Å². The van der Waals surface area contributed by atoms with Crippen LogP contribution >= 0.6 is 0 Å². The number of rotatable bonds is 5. The van der Waals surface area contributed by atoms with Gasteiger partial charge in [-0.15, -0.1) is 0 Å². The zero-order valence-electron chi connectivity index (χ0n) is 13.6. The molecule has 0 amide bonds. The Labute approximate surface area is 131 Å². The summed E-state index contributed by atoms with van der Waals surface area (Å²) in [5, 5.41) is 9.44. The van der Waals surface area contributed by atoms with E-state index in [0.29, 0.717) is 13.2 Å². The van der Waals surface area contributed by atoms with Crippen LogP contribution in [0.5, 0.6) is 0 Å². The van der Waals surface area contributed by atoms with Gasteiger partial charge in [0.25, 0.3) is 5.56 Å². The summed E-state index contributed by atoms with van der Waals surface area (Å²) < 4.78 is 6.71. The van der Waals surface area contributed by atoms with Crippen LogP contribution in [0.25, 0.3) is 0 Å². The molecular formula is C16H24N4O2. The second-order valence-electron chi connectivity index (χ2n) is 5.75. The molecule has 0 bridgehead atoms. The highest BCUT2D eigenvalue weighted by molar-refractivity contribution is 5.59. The van der Waals surface area contributed by atoms with E-state index < -0.39 is 0 Å². The van der Waals surface area contributed by atoms with Gasteiger partial charge in [0.15, 0.2) is 0 Å². The Bertz CT molecular complexity index is 610. The van der Waals surface area contributed by atoms with Gasteiger partial charge in [0.1, 0.15) is 11.6 Å². The third-order valence-corrected chi connectivity index (χ3v) is 4.17. The van der Waals surface area contributed by atoms with Crippen molar-refractivity contribution < 1.29 is 4.74 Å². The molecule has 0 unspecified atom stereocenters. The van der Waals surface area contributed by atoms with Gasteiger partial charge in [-0.3, -0.25) is 4.79 Å². The zero-order chi connectivity index (χ0) is 16.1. The molecule has 1 aliphatic rings. The lowest BCUT2D eigenvalue weighted by Gasteiger charge is -2.34. The number of anilines is 1. The van der Waals surface area contributed by atoms with Crippen LogP contribution in [0, 0.1) is 18.3 Å². The molecule has 0 spiro atoms. The number of hydrogen-bond donors (Lipinski definition) is 0. The van der Waals surface area contributed by atoms with Crippen LogP contribution in [0.3, 0.4) is 0 Å². The number of aryl methyl sites for hydroxylation is 1. The van der Waals surface area contributed by atoms with Crippen molar-refractivity contribution in [1.82, 2.24) is 9.47 Å². The first-order chi connectivity index (χ1) is 10.6. The van der Waals surface area contributed by atoms with Gasteiger partial charge >= 0.3 is 0 Å². The quantitative estimate of drug-likeness (QED) is 0.754. The molecule has 0 radical (unpaired) electrons. The first kappa shape index (κ1) is 16.5. The molecule has 120 valence electrons. The molecule has 0 N–H and O–H groups in total. The minimum atomic E-state index is -0.187. The predicted molar refractivity (Wildman–Crippen MR) is 86.4 cm³/mol. The summed E-state index contributed by atoms with van der Waals surface area (Å²) in [4.78, 5) is 17.0. The maximum atomic E-state index is 12.6. The van der Waals surface area contributed by atoms with E-state index in [1.807, 2.05) is 13.0 Å². The van der Waals surface area contributed by atoms with Gasteiger partial charge in [-0.25, -0.2) is 0 Å². The summed E-state index contributed by atoms with van der Waals surface area (Å²) in [5.74, 6) is 0. The Morgan fingerprint density at radius 3 is 2.59 bits per heavy atom. The standard InChI is InChI=1S/C16H24N4O2/c1-13-11-15(19-8-6-18(2)7-9-19)14(12-17)16(21)20(13)5-4-10-22-3/h11H,4-10H2,1-3H3. The number of hydrogen-bond acceptors (Lipinski definition) is 5. The Morgan fingerprint density at radius 1 is 1.32 bits per heavy atom. The smallest absolute Gasteiger partial charge is 0.270 e. The molecule has 22 heavy (non-hydrogen) atoms. The molecular weight excluding hydrogens is 280 g/mol. The summed E-state index contributed by atoms with van der Waals surface area (Å²) in [5.41, 5.74) is 1.75. The van der Waals surface area contributed by atoms with E-state index >= 15 is 0 Å². The fourth-order valence-electron chi connectivity index (χ4n) is 2.80. The Kier molecular flexibility index (Phi) is 5.58. The molecule has 6 heteroatoms. The topological polar surface area (TPSA) is 61.5 Å². The number of pyridine rings is 1. The third kappa shape index (κ3) is 3.49. The van der Waals surface area contributed by atoms with Crippen molar-refractivity contribution in [2.24, 2.45) is 0 Å². The SMILES string of the molecule is COCCCn1c(C)cc(N2CCN(C)CC2)c(C#N)c1=O. The van der Waals surface area contributed by atoms with Gasteiger partial charge in [-0.2, -0.15) is 5.26 Å². The number of methoxy groups -OCH3 is 1. The average Bonchev–Trinajstić information content (AvgIpc) is 2.51. The highest BCUT2D eigenvalue weighted by atomic mass is 16.5. The van der Waals surface area contributed by atoms with Gasteiger partial charge in [-0.05, 0) is 26.5 Å². The first-order valence-electron chi connectivity index (χ1n) is 7.65. The molecule has 2 heterocycles. The van der Waals surface area contributed by atoms with Crippen molar-refractivity contribution in [3.8, 4) is 6.07 Å². The van der Waals surface area contributed by atoms with E-state index in [1.54, 1.807) is 11.7 Å². The fraction of sp³-hybridized carbons (Fsp3) is 0.625. The molecule has 1 saturated heterocycles. The fourth-order valence-corrected chi connectivity index (χ4v) is 2.80. The summed E-state index contributed by atoms with van der Waals surface area (Å²) in [6.07, 6.45) is 0.760. The monoisotopic (exact) mass is 304 g/mol. The van der Waals surface area contributed by atoms with Gasteiger partial charge in [0.05, 0.1) is 5.69 Å². The molecule has 6 nitrogen and oxygen atoms in total. The van der Waals surface area contributed by atoms with Gasteiger partial charge < -0.3 is 19.1 Å². The van der Waals surface area contributed by atoms with E-state index in [4.69, 9.17) is 4.74 Å². The zero-order valence-corrected chi connectivity index (χ0v) is 13.6. The highest BCUT2D eigenvalue weighted by Crippen LogP contribution is 2.20. The minimum Gasteiger partial charge on any atom is -0.385 e. The van der Waals surface area contributed by atoms with Crippen molar-refractivity contribution in [3.63, 3.8) is 0 Å². The van der Waals surface area contributed by atoms with Crippen LogP contribution in [0.15, 0.2) is 10.9 Å². The van der Waals surface area contributed by atoms with Crippen LogP contribution in [0.1, 0.15) is 17.7 Å². The Hall–Kier alpha value is -1.84. The van der Waals surface area contributed by atoms with Crippen LogP contribution in [0.4, 0.5) is 5.69 Å². The number of likely N-dealkylation sites (N-methyl/N-ethyl adjacent to an activating group) is 1. The lowest BCUT2D eigenvalue weighted by molar-refractivity contribution is 0.189. The van der Waals surface area contributed by atoms with Gasteiger partial charge in [-0.1, -0.05) is 0 Å². The van der Waals surface area contributed by atoms with E-state index in [-0.39, 0.29) is 11.1 Å². The second-order valence-corrected chi connectivity index (χ2v) is 5.75. The predicted octanol–water partition coefficient (Wildman–Crippen LogP) is 0.817. The van der Waals surface area contributed by atoms with E-state index in [1.165, 1.54) is 0 Å². The first-order valence-corrected chi connectivity index (χ1v) is 7.65. The molecule has 1 aromatic rings. The van der Waals surface area contributed by atoms with Crippen molar-refractivity contribution >= 4 is 5.69 Å². The van der Waals surface area contributed by atoms with Crippen LogP contribution in [-0.4, -0.2) is 56.4 Å². The normalized spacial score (nSPS) is 15.8. The van der Waals surface area contributed by atoms with Crippen LogP contribution < -0.4 is 10.5 Å². The average molecular weight is 304 g/mol. The van der Waals surface area contributed by atoms with Crippen molar-refractivity contribution in [2.75, 3.05) is 51.8 Å². The van der Waals surface area contributed by atoms with Crippen molar-refractivity contribution in [3.05, 3.63) is 27.7 Å². The van der Waals surface area contributed by atoms with Gasteiger partial charge in [0, 0.05) is 52.1 Å². The number of nitriles is 1. The Balaban J connectivity index is 2.32. The summed E-state index contributed by atoms with van der Waals surface area (Å²) >= 11 is 0. The van der Waals surface area contributed by atoms with Crippen LogP contribution in [0.2, 0.25) is 0 Å². The molecule has 1 aliphatic heterocycles. The Morgan fingerprint density at radius 2 is 2.00 bits per heavy atom. The maximum Gasteiger partial charge on any atom is 0.270 e. The largest absolute Gasteiger partial charge is 0.385 e. The van der Waals surface area contributed by atoms with Gasteiger partial charge in [0.2, 0.25) is 0 Å². The molecule has 1 aromatic heterocycles. The molecule has 1 fully saturated rings. The summed E-state index contributed by atoms with van der Waals surface area (Å²) in [6.45, 7) is 6.69.